The zero-order valence-electron chi connectivity index (χ0n) is 8.50. The van der Waals surface area contributed by atoms with Gasteiger partial charge in [0, 0.05) is 13.0 Å². The summed E-state index contributed by atoms with van der Waals surface area (Å²) in [5.74, 6) is 1.39. The Kier molecular flexibility index (Phi) is 4.77. The Morgan fingerprint density at radius 1 is 1.29 bits per heavy atom. The minimum Gasteiger partial charge on any atom is -0.488 e. The summed E-state index contributed by atoms with van der Waals surface area (Å²) in [6.45, 7) is 2.57. The van der Waals surface area contributed by atoms with E-state index in [0.717, 1.165) is 11.3 Å². The molecule has 0 saturated carbocycles. The standard InChI is InChI=1S/C11H15ClO2/c1-9(8-13-2)14-11-5-3-10(7-12)4-6-11/h3-6,9H,7-8H2,1-2H3. The quantitative estimate of drug-likeness (QED) is 0.702. The summed E-state index contributed by atoms with van der Waals surface area (Å²) in [6.07, 6.45) is 0.0712. The summed E-state index contributed by atoms with van der Waals surface area (Å²) >= 11 is 5.67. The van der Waals surface area contributed by atoms with Gasteiger partial charge in [-0.05, 0) is 24.6 Å². The number of alkyl halides is 1. The number of benzene rings is 1. The predicted octanol–water partition coefficient (Wildman–Crippen LogP) is 2.84. The minimum absolute atomic E-state index is 0.0712. The maximum atomic E-state index is 5.67. The van der Waals surface area contributed by atoms with Gasteiger partial charge in [0.2, 0.25) is 0 Å². The first-order chi connectivity index (χ1) is 6.76. The molecule has 0 aliphatic rings. The van der Waals surface area contributed by atoms with Crippen molar-refractivity contribution < 1.29 is 9.47 Å². The first kappa shape index (κ1) is 11.3. The van der Waals surface area contributed by atoms with Crippen LogP contribution >= 0.6 is 11.6 Å². The van der Waals surface area contributed by atoms with Gasteiger partial charge in [-0.15, -0.1) is 11.6 Å². The molecular weight excluding hydrogens is 200 g/mol. The Balaban J connectivity index is 2.50. The van der Waals surface area contributed by atoms with Crippen molar-refractivity contribution in [1.29, 1.82) is 0 Å². The Morgan fingerprint density at radius 3 is 2.43 bits per heavy atom. The average molecular weight is 215 g/mol. The zero-order chi connectivity index (χ0) is 10.4. The fourth-order valence-corrected chi connectivity index (χ4v) is 1.34. The highest BCUT2D eigenvalue weighted by atomic mass is 35.5. The van der Waals surface area contributed by atoms with Crippen LogP contribution in [0.4, 0.5) is 0 Å². The highest BCUT2D eigenvalue weighted by Crippen LogP contribution is 2.14. The smallest absolute Gasteiger partial charge is 0.119 e. The number of rotatable bonds is 5. The largest absolute Gasteiger partial charge is 0.488 e. The van der Waals surface area contributed by atoms with Gasteiger partial charge in [0.05, 0.1) is 6.61 Å². The van der Waals surface area contributed by atoms with Crippen LogP contribution in [0.25, 0.3) is 0 Å². The van der Waals surface area contributed by atoms with Gasteiger partial charge in [0.1, 0.15) is 11.9 Å². The minimum atomic E-state index is 0.0712. The van der Waals surface area contributed by atoms with E-state index in [1.54, 1.807) is 7.11 Å². The summed E-state index contributed by atoms with van der Waals surface area (Å²) in [4.78, 5) is 0. The molecule has 78 valence electrons. The lowest BCUT2D eigenvalue weighted by atomic mass is 10.2. The molecule has 2 nitrogen and oxygen atoms in total. The maximum Gasteiger partial charge on any atom is 0.119 e. The molecule has 0 fully saturated rings. The molecule has 0 aliphatic heterocycles. The van der Waals surface area contributed by atoms with Gasteiger partial charge >= 0.3 is 0 Å². The molecule has 0 saturated heterocycles. The molecule has 1 aromatic carbocycles. The molecule has 0 spiro atoms. The van der Waals surface area contributed by atoms with Crippen molar-refractivity contribution in [2.45, 2.75) is 18.9 Å². The van der Waals surface area contributed by atoms with Crippen LogP contribution in [0.1, 0.15) is 12.5 Å². The molecule has 0 amide bonds. The van der Waals surface area contributed by atoms with Crippen LogP contribution in [0.15, 0.2) is 24.3 Å². The van der Waals surface area contributed by atoms with Gasteiger partial charge in [-0.1, -0.05) is 12.1 Å². The Labute approximate surface area is 89.8 Å². The molecule has 1 aromatic rings. The highest BCUT2D eigenvalue weighted by Gasteiger charge is 2.02. The van der Waals surface area contributed by atoms with E-state index in [4.69, 9.17) is 21.1 Å². The van der Waals surface area contributed by atoms with E-state index in [0.29, 0.717) is 12.5 Å². The van der Waals surface area contributed by atoms with Gasteiger partial charge in [-0.25, -0.2) is 0 Å². The van der Waals surface area contributed by atoms with Gasteiger partial charge in [0.15, 0.2) is 0 Å². The van der Waals surface area contributed by atoms with E-state index >= 15 is 0 Å². The van der Waals surface area contributed by atoms with Crippen LogP contribution in [0.5, 0.6) is 5.75 Å². The van der Waals surface area contributed by atoms with Crippen molar-refractivity contribution in [3.8, 4) is 5.75 Å². The number of ether oxygens (including phenoxy) is 2. The normalized spacial score (nSPS) is 12.5. The average Bonchev–Trinajstić information content (AvgIpc) is 2.19. The predicted molar refractivity (Wildman–Crippen MR) is 58.0 cm³/mol. The lowest BCUT2D eigenvalue weighted by Gasteiger charge is -2.13. The number of halogens is 1. The summed E-state index contributed by atoms with van der Waals surface area (Å²) in [7, 11) is 1.66. The molecule has 0 N–H and O–H groups in total. The van der Waals surface area contributed by atoms with Gasteiger partial charge in [0.25, 0.3) is 0 Å². The van der Waals surface area contributed by atoms with Crippen LogP contribution in [-0.4, -0.2) is 19.8 Å². The fourth-order valence-electron chi connectivity index (χ4n) is 1.16. The van der Waals surface area contributed by atoms with Crippen LogP contribution < -0.4 is 4.74 Å². The number of hydrogen-bond acceptors (Lipinski definition) is 2. The van der Waals surface area contributed by atoms with Gasteiger partial charge < -0.3 is 9.47 Å². The van der Waals surface area contributed by atoms with Crippen LogP contribution in [-0.2, 0) is 10.6 Å². The van der Waals surface area contributed by atoms with E-state index in [1.807, 2.05) is 31.2 Å². The molecule has 0 bridgehead atoms. The van der Waals surface area contributed by atoms with Gasteiger partial charge in [-0.3, -0.25) is 0 Å². The van der Waals surface area contributed by atoms with Crippen molar-refractivity contribution >= 4 is 11.6 Å². The molecule has 1 unspecified atom stereocenters. The highest BCUT2D eigenvalue weighted by molar-refractivity contribution is 6.17. The number of hydrogen-bond donors (Lipinski definition) is 0. The molecule has 0 heterocycles. The SMILES string of the molecule is COCC(C)Oc1ccc(CCl)cc1. The summed E-state index contributed by atoms with van der Waals surface area (Å²) in [6, 6.07) is 7.76. The molecular formula is C11H15ClO2. The third kappa shape index (κ3) is 3.56. The van der Waals surface area contributed by atoms with E-state index < -0.39 is 0 Å². The third-order valence-corrected chi connectivity index (χ3v) is 2.12. The fraction of sp³-hybridized carbons (Fsp3) is 0.455. The van der Waals surface area contributed by atoms with Crippen molar-refractivity contribution in [3.05, 3.63) is 29.8 Å². The van der Waals surface area contributed by atoms with Crippen molar-refractivity contribution in [1.82, 2.24) is 0 Å². The lowest BCUT2D eigenvalue weighted by molar-refractivity contribution is 0.0921. The van der Waals surface area contributed by atoms with Crippen LogP contribution in [0.2, 0.25) is 0 Å². The molecule has 1 atom stereocenters. The summed E-state index contributed by atoms with van der Waals surface area (Å²) < 4.78 is 10.6. The van der Waals surface area contributed by atoms with Crippen molar-refractivity contribution in [3.63, 3.8) is 0 Å². The Bertz CT molecular complexity index is 258. The second kappa shape index (κ2) is 5.89. The molecule has 0 radical (unpaired) electrons. The van der Waals surface area contributed by atoms with Gasteiger partial charge in [-0.2, -0.15) is 0 Å². The Hall–Kier alpha value is -0.730. The van der Waals surface area contributed by atoms with Crippen LogP contribution in [0.3, 0.4) is 0 Å². The zero-order valence-corrected chi connectivity index (χ0v) is 9.25. The topological polar surface area (TPSA) is 18.5 Å². The summed E-state index contributed by atoms with van der Waals surface area (Å²) in [5, 5.41) is 0. The second-order valence-electron chi connectivity index (χ2n) is 3.16. The monoisotopic (exact) mass is 214 g/mol. The molecule has 1 rings (SSSR count). The van der Waals surface area contributed by atoms with E-state index in [1.165, 1.54) is 0 Å². The molecule has 3 heteroatoms. The number of methoxy groups -OCH3 is 1. The summed E-state index contributed by atoms with van der Waals surface area (Å²) in [5.41, 5.74) is 1.10. The van der Waals surface area contributed by atoms with Crippen LogP contribution in [0, 0.1) is 0 Å². The maximum absolute atomic E-state index is 5.67. The van der Waals surface area contributed by atoms with E-state index in [-0.39, 0.29) is 6.10 Å². The Morgan fingerprint density at radius 2 is 1.93 bits per heavy atom. The molecule has 14 heavy (non-hydrogen) atoms. The van der Waals surface area contributed by atoms with E-state index in [9.17, 15) is 0 Å². The van der Waals surface area contributed by atoms with Crippen molar-refractivity contribution in [2.75, 3.05) is 13.7 Å². The third-order valence-electron chi connectivity index (χ3n) is 1.82. The lowest BCUT2D eigenvalue weighted by Crippen LogP contribution is -2.17. The van der Waals surface area contributed by atoms with Crippen molar-refractivity contribution in [2.24, 2.45) is 0 Å². The second-order valence-corrected chi connectivity index (χ2v) is 3.43. The molecule has 0 aliphatic carbocycles. The first-order valence-corrected chi connectivity index (χ1v) is 5.10. The molecule has 0 aromatic heterocycles. The first-order valence-electron chi connectivity index (χ1n) is 4.56. The van der Waals surface area contributed by atoms with E-state index in [2.05, 4.69) is 0 Å².